The quantitative estimate of drug-likeness (QED) is 0.665. The summed E-state index contributed by atoms with van der Waals surface area (Å²) in [5, 5.41) is 10.4. The van der Waals surface area contributed by atoms with Crippen LogP contribution in [0.15, 0.2) is 22.7 Å². The molecule has 0 atom stereocenters. The zero-order chi connectivity index (χ0) is 14.8. The van der Waals surface area contributed by atoms with Crippen LogP contribution in [0.2, 0.25) is 0 Å². The molecule has 21 heavy (non-hydrogen) atoms. The fourth-order valence-electron chi connectivity index (χ4n) is 2.07. The van der Waals surface area contributed by atoms with Crippen LogP contribution in [0.25, 0.3) is 10.7 Å². The molecule has 7 nitrogen and oxygen atoms in total. The molecule has 2 aromatic rings. The Hall–Kier alpha value is -1.87. The number of amides is 2. The number of rotatable bonds is 4. The second kappa shape index (κ2) is 5.86. The van der Waals surface area contributed by atoms with E-state index in [0.29, 0.717) is 23.9 Å². The number of carbonyl (C=O) groups excluding carboxylic acids is 2. The summed E-state index contributed by atoms with van der Waals surface area (Å²) < 4.78 is 1.37. The van der Waals surface area contributed by atoms with Crippen molar-refractivity contribution in [2.75, 3.05) is 18.1 Å². The summed E-state index contributed by atoms with van der Waals surface area (Å²) in [5.41, 5.74) is 0. The van der Waals surface area contributed by atoms with Gasteiger partial charge >= 0.3 is 0 Å². The Bertz CT molecular complexity index is 667. The van der Waals surface area contributed by atoms with Gasteiger partial charge in [0.15, 0.2) is 5.82 Å². The molecule has 2 amide bonds. The van der Waals surface area contributed by atoms with Crippen LogP contribution in [0.5, 0.6) is 0 Å². The molecule has 0 aromatic carbocycles. The summed E-state index contributed by atoms with van der Waals surface area (Å²) >= 11 is 2.70. The van der Waals surface area contributed by atoms with Gasteiger partial charge in [-0.15, -0.1) is 21.5 Å². The van der Waals surface area contributed by atoms with E-state index in [9.17, 15) is 9.59 Å². The molecule has 3 heterocycles. The number of nitrogen functional groups attached to an aromatic ring is 1. The molecule has 2 N–H and O–H groups in total. The van der Waals surface area contributed by atoms with E-state index in [2.05, 4.69) is 10.2 Å². The molecule has 0 radical (unpaired) electrons. The van der Waals surface area contributed by atoms with Gasteiger partial charge in [0.05, 0.1) is 10.6 Å². The summed E-state index contributed by atoms with van der Waals surface area (Å²) in [7, 11) is 0. The van der Waals surface area contributed by atoms with Gasteiger partial charge in [-0.05, 0) is 17.9 Å². The lowest BCUT2D eigenvalue weighted by molar-refractivity contribution is -0.140. The molecule has 0 bridgehead atoms. The molecular weight excluding hydrogens is 310 g/mol. The van der Waals surface area contributed by atoms with Gasteiger partial charge in [-0.3, -0.25) is 14.5 Å². The first kappa shape index (κ1) is 14.1. The highest BCUT2D eigenvalue weighted by Gasteiger charge is 2.26. The SMILES string of the molecule is Nn1c(SCC(=O)N2CCCC2=O)nnc1-c1cccs1. The van der Waals surface area contributed by atoms with E-state index >= 15 is 0 Å². The Balaban J connectivity index is 1.66. The zero-order valence-corrected chi connectivity index (χ0v) is 12.7. The van der Waals surface area contributed by atoms with E-state index in [-0.39, 0.29) is 17.6 Å². The van der Waals surface area contributed by atoms with Crippen molar-refractivity contribution >= 4 is 34.9 Å². The Labute approximate surface area is 129 Å². The first-order chi connectivity index (χ1) is 10.2. The fourth-order valence-corrected chi connectivity index (χ4v) is 3.50. The third-order valence-electron chi connectivity index (χ3n) is 3.11. The first-order valence-electron chi connectivity index (χ1n) is 6.37. The van der Waals surface area contributed by atoms with Gasteiger partial charge in [0.2, 0.25) is 17.0 Å². The Morgan fingerprint density at radius 1 is 1.48 bits per heavy atom. The van der Waals surface area contributed by atoms with E-state index in [0.717, 1.165) is 11.3 Å². The van der Waals surface area contributed by atoms with Gasteiger partial charge in [0, 0.05) is 13.0 Å². The van der Waals surface area contributed by atoms with Gasteiger partial charge < -0.3 is 5.84 Å². The largest absolute Gasteiger partial charge is 0.335 e. The predicted molar refractivity (Wildman–Crippen MR) is 80.2 cm³/mol. The molecule has 0 unspecified atom stereocenters. The number of carbonyl (C=O) groups is 2. The third-order valence-corrected chi connectivity index (χ3v) is 4.90. The Morgan fingerprint density at radius 3 is 3.00 bits per heavy atom. The summed E-state index contributed by atoms with van der Waals surface area (Å²) in [4.78, 5) is 25.7. The van der Waals surface area contributed by atoms with Crippen molar-refractivity contribution < 1.29 is 9.59 Å². The minimum atomic E-state index is -0.205. The highest BCUT2D eigenvalue weighted by Crippen LogP contribution is 2.25. The molecule has 1 fully saturated rings. The highest BCUT2D eigenvalue weighted by molar-refractivity contribution is 7.99. The molecule has 9 heteroatoms. The maximum Gasteiger partial charge on any atom is 0.239 e. The smallest absolute Gasteiger partial charge is 0.239 e. The van der Waals surface area contributed by atoms with Crippen LogP contribution in [0, 0.1) is 0 Å². The van der Waals surface area contributed by atoms with E-state index in [1.807, 2.05) is 17.5 Å². The monoisotopic (exact) mass is 323 g/mol. The van der Waals surface area contributed by atoms with E-state index in [1.165, 1.54) is 32.7 Å². The summed E-state index contributed by atoms with van der Waals surface area (Å²) in [6, 6.07) is 3.81. The molecule has 0 spiro atoms. The van der Waals surface area contributed by atoms with Crippen molar-refractivity contribution in [2.45, 2.75) is 18.0 Å². The lowest BCUT2D eigenvalue weighted by Crippen LogP contribution is -2.33. The molecule has 2 aromatic heterocycles. The number of imide groups is 1. The summed E-state index contributed by atoms with van der Waals surface area (Å²) in [6.45, 7) is 0.508. The number of hydrogen-bond donors (Lipinski definition) is 1. The lowest BCUT2D eigenvalue weighted by atomic mass is 10.4. The standard InChI is InChI=1S/C12H13N5O2S2/c13-17-11(8-3-2-6-20-8)14-15-12(17)21-7-10(19)16-5-1-4-9(16)18/h2-3,6H,1,4-5,7,13H2. The maximum atomic E-state index is 12.0. The number of nitrogens with zero attached hydrogens (tertiary/aromatic N) is 4. The van der Waals surface area contributed by atoms with Crippen LogP contribution < -0.4 is 5.84 Å². The first-order valence-corrected chi connectivity index (χ1v) is 8.23. The van der Waals surface area contributed by atoms with Crippen LogP contribution >= 0.6 is 23.1 Å². The van der Waals surface area contributed by atoms with Crippen LogP contribution in [-0.2, 0) is 9.59 Å². The van der Waals surface area contributed by atoms with Crippen LogP contribution in [0.3, 0.4) is 0 Å². The number of likely N-dealkylation sites (tertiary alicyclic amines) is 1. The lowest BCUT2D eigenvalue weighted by Gasteiger charge is -2.12. The average molecular weight is 323 g/mol. The van der Waals surface area contributed by atoms with Crippen molar-refractivity contribution in [2.24, 2.45) is 0 Å². The zero-order valence-electron chi connectivity index (χ0n) is 11.1. The maximum absolute atomic E-state index is 12.0. The van der Waals surface area contributed by atoms with E-state index in [1.54, 1.807) is 0 Å². The van der Waals surface area contributed by atoms with Crippen molar-refractivity contribution in [1.82, 2.24) is 19.8 Å². The van der Waals surface area contributed by atoms with Gasteiger partial charge in [-0.1, -0.05) is 17.8 Å². The Morgan fingerprint density at radius 2 is 2.33 bits per heavy atom. The fraction of sp³-hybridized carbons (Fsp3) is 0.333. The molecule has 3 rings (SSSR count). The van der Waals surface area contributed by atoms with Crippen molar-refractivity contribution in [3.8, 4) is 10.7 Å². The Kier molecular flexibility index (Phi) is 3.93. The molecule has 0 saturated carbocycles. The summed E-state index contributed by atoms with van der Waals surface area (Å²) in [5.74, 6) is 6.34. The molecule has 0 aliphatic carbocycles. The molecule has 1 aliphatic heterocycles. The topological polar surface area (TPSA) is 94.1 Å². The van der Waals surface area contributed by atoms with E-state index < -0.39 is 0 Å². The van der Waals surface area contributed by atoms with Crippen LogP contribution in [0.1, 0.15) is 12.8 Å². The molecule has 110 valence electrons. The van der Waals surface area contributed by atoms with E-state index in [4.69, 9.17) is 5.84 Å². The van der Waals surface area contributed by atoms with Crippen molar-refractivity contribution in [3.63, 3.8) is 0 Å². The average Bonchev–Trinajstić information content (AvgIpc) is 3.17. The van der Waals surface area contributed by atoms with Gasteiger partial charge in [-0.2, -0.15) is 0 Å². The highest BCUT2D eigenvalue weighted by atomic mass is 32.2. The van der Waals surface area contributed by atoms with Crippen molar-refractivity contribution in [3.05, 3.63) is 17.5 Å². The third kappa shape index (κ3) is 2.79. The normalized spacial score (nSPS) is 14.9. The second-order valence-corrected chi connectivity index (χ2v) is 6.38. The number of aromatic nitrogens is 3. The molecule has 1 saturated heterocycles. The van der Waals surface area contributed by atoms with Gasteiger partial charge in [-0.25, -0.2) is 4.68 Å². The molecule has 1 aliphatic rings. The minimum absolute atomic E-state index is 0.103. The van der Waals surface area contributed by atoms with Crippen LogP contribution in [-0.4, -0.2) is 43.9 Å². The summed E-state index contributed by atoms with van der Waals surface area (Å²) in [6.07, 6.45) is 1.19. The molecular formula is C12H13N5O2S2. The minimum Gasteiger partial charge on any atom is -0.335 e. The van der Waals surface area contributed by atoms with Gasteiger partial charge in [0.1, 0.15) is 0 Å². The predicted octanol–water partition coefficient (Wildman–Crippen LogP) is 0.961. The number of thiophene rings is 1. The number of thioether (sulfide) groups is 1. The van der Waals surface area contributed by atoms with Crippen LogP contribution in [0.4, 0.5) is 0 Å². The number of hydrogen-bond acceptors (Lipinski definition) is 7. The second-order valence-electron chi connectivity index (χ2n) is 4.48. The van der Waals surface area contributed by atoms with Gasteiger partial charge in [0.25, 0.3) is 0 Å². The van der Waals surface area contributed by atoms with Crippen molar-refractivity contribution in [1.29, 1.82) is 0 Å². The number of nitrogens with two attached hydrogens (primary N) is 1.